The van der Waals surface area contributed by atoms with Crippen molar-refractivity contribution in [2.24, 2.45) is 0 Å². The van der Waals surface area contributed by atoms with Gasteiger partial charge in [0, 0.05) is 37.4 Å². The summed E-state index contributed by atoms with van der Waals surface area (Å²) in [5.74, 6) is 1.21. The van der Waals surface area contributed by atoms with Crippen LogP contribution in [0, 0.1) is 0 Å². The number of nitrogens with one attached hydrogen (secondary N) is 6. The van der Waals surface area contributed by atoms with E-state index in [-0.39, 0.29) is 69.4 Å². The van der Waals surface area contributed by atoms with Gasteiger partial charge >= 0.3 is 7.12 Å². The fraction of sp³-hybridized carbons (Fsp3) is 0.507. The Kier molecular flexibility index (Phi) is 19.5. The highest BCUT2D eigenvalue weighted by Crippen LogP contribution is 2.44. The molecule has 6 N–H and O–H groups in total. The van der Waals surface area contributed by atoms with Gasteiger partial charge < -0.3 is 55.4 Å². The molecule has 6 aromatic rings. The maximum absolute atomic E-state index is 13.6. The number of halogens is 1. The molecule has 13 heterocycles. The maximum atomic E-state index is 13.6. The summed E-state index contributed by atoms with van der Waals surface area (Å²) in [4.78, 5) is 103. The Bertz CT molecular complexity index is 4170. The molecule has 5 fully saturated rings. The second-order valence-electron chi connectivity index (χ2n) is 27.3. The lowest BCUT2D eigenvalue weighted by Crippen LogP contribution is -2.48. The minimum atomic E-state index is -0.658. The number of anilines is 6. The van der Waals surface area contributed by atoms with Gasteiger partial charge in [-0.1, -0.05) is 43.0 Å². The van der Waals surface area contributed by atoms with Gasteiger partial charge in [0.1, 0.15) is 87.6 Å². The van der Waals surface area contributed by atoms with Gasteiger partial charge in [-0.2, -0.15) is 0 Å². The fourth-order valence-electron chi connectivity index (χ4n) is 15.0. The minimum absolute atomic E-state index is 0.126. The number of hydrogen-bond acceptors (Lipinski definition) is 20. The number of fused-ring (bicyclic) bond motifs is 6. The number of nitrogens with zero attached hydrogens (tertiary/aromatic N) is 9. The number of carbonyl (C=O) groups is 3. The molecular formula is C69H83BClN15O11. The van der Waals surface area contributed by atoms with Crippen molar-refractivity contribution in [1.29, 1.82) is 0 Å². The molecule has 0 aromatic carbocycles. The van der Waals surface area contributed by atoms with Crippen LogP contribution in [0.2, 0.25) is 5.02 Å². The van der Waals surface area contributed by atoms with Crippen LogP contribution in [-0.2, 0) is 40.5 Å². The Morgan fingerprint density at radius 2 is 0.928 bits per heavy atom. The second-order valence-corrected chi connectivity index (χ2v) is 27.7. The van der Waals surface area contributed by atoms with Crippen LogP contribution in [-0.4, -0.2) is 119 Å². The topological polar surface area (TPSA) is 313 Å². The summed E-state index contributed by atoms with van der Waals surface area (Å²) >= 11 is 6.32. The number of hydrogen-bond donors (Lipinski definition) is 6. The van der Waals surface area contributed by atoms with Crippen molar-refractivity contribution < 1.29 is 37.9 Å². The van der Waals surface area contributed by atoms with Crippen molar-refractivity contribution in [3.8, 4) is 0 Å². The van der Waals surface area contributed by atoms with Gasteiger partial charge in [-0.15, -0.1) is 0 Å². The predicted molar refractivity (Wildman–Crippen MR) is 364 cm³/mol. The van der Waals surface area contributed by atoms with Gasteiger partial charge in [0.15, 0.2) is 0 Å². The van der Waals surface area contributed by atoms with E-state index in [1.165, 1.54) is 30.5 Å². The molecule has 16 rings (SSSR count). The largest absolute Gasteiger partial charge is 0.490 e. The molecule has 97 heavy (non-hydrogen) atoms. The molecule has 0 atom stereocenters. The highest BCUT2D eigenvalue weighted by atomic mass is 35.5. The average Bonchev–Trinajstić information content (AvgIpc) is 1.61. The molecule has 0 radical (unpaired) electrons. The van der Waals surface area contributed by atoms with Crippen molar-refractivity contribution in [3.05, 3.63) is 156 Å². The van der Waals surface area contributed by atoms with Gasteiger partial charge in [-0.05, 0) is 189 Å². The van der Waals surface area contributed by atoms with Crippen molar-refractivity contribution >= 4 is 76.5 Å². The third-order valence-electron chi connectivity index (χ3n) is 20.7. The first kappa shape index (κ1) is 67.1. The van der Waals surface area contributed by atoms with Gasteiger partial charge in [0.2, 0.25) is 0 Å². The monoisotopic (exact) mass is 1340 g/mol. The molecule has 3 saturated carbocycles. The zero-order valence-electron chi connectivity index (χ0n) is 55.3. The van der Waals surface area contributed by atoms with E-state index in [9.17, 15) is 28.8 Å². The van der Waals surface area contributed by atoms with E-state index < -0.39 is 17.0 Å². The SMILES string of the molecule is CC1(C)OB(C2=CCOCC2)OC1(C)C.O=C1NC2(CCCCC2)n2c1c(C1=CCOCC1)cc(Nc1ccncn1)c2=O.O=C1NC2(CCCCC2)n2c1c(C1CCOCC1)cc(Nc1ccncn1)c2=O.O=C1NC2(CCCCC2)n2c1c(Cl)cc(Nc1ccncn1)c2=O. The Hall–Kier alpha value is -8.47. The normalized spacial score (nSPS) is 21.3. The molecule has 3 amide bonds. The molecule has 28 heteroatoms. The van der Waals surface area contributed by atoms with E-state index in [4.69, 9.17) is 35.1 Å². The number of amides is 3. The van der Waals surface area contributed by atoms with Crippen LogP contribution in [0.15, 0.2) is 106 Å². The molecular weight excluding hydrogens is 1260 g/mol. The van der Waals surface area contributed by atoms with Crippen molar-refractivity contribution in [2.45, 2.75) is 184 Å². The first-order valence-corrected chi connectivity index (χ1v) is 34.4. The van der Waals surface area contributed by atoms with Crippen LogP contribution in [0.3, 0.4) is 0 Å². The van der Waals surface area contributed by atoms with Crippen LogP contribution in [0.4, 0.5) is 34.5 Å². The summed E-state index contributed by atoms with van der Waals surface area (Å²) in [6, 6.07) is 10.2. The average molecular weight is 1340 g/mol. The Labute approximate surface area is 566 Å². The lowest BCUT2D eigenvalue weighted by Gasteiger charge is -2.35. The summed E-state index contributed by atoms with van der Waals surface area (Å²) in [6.07, 6.45) is 30.3. The molecule has 0 unspecified atom stereocenters. The summed E-state index contributed by atoms with van der Waals surface area (Å²) in [5.41, 5.74) is 3.39. The van der Waals surface area contributed by atoms with Crippen LogP contribution < -0.4 is 48.6 Å². The molecule has 3 aliphatic carbocycles. The van der Waals surface area contributed by atoms with E-state index in [2.05, 4.69) is 95.6 Å². The van der Waals surface area contributed by atoms with E-state index in [1.54, 1.807) is 56.6 Å². The zero-order valence-corrected chi connectivity index (χ0v) is 56.1. The number of rotatable bonds is 9. The molecule has 510 valence electrons. The first-order chi connectivity index (χ1) is 46.9. The number of pyridine rings is 3. The number of ether oxygens (including phenoxy) is 3. The van der Waals surface area contributed by atoms with Crippen LogP contribution in [0.1, 0.15) is 198 Å². The summed E-state index contributed by atoms with van der Waals surface area (Å²) < 4.78 is 33.2. The quantitative estimate of drug-likeness (QED) is 0.0734. The molecule has 7 aliphatic heterocycles. The van der Waals surface area contributed by atoms with E-state index in [0.29, 0.717) is 85.4 Å². The van der Waals surface area contributed by atoms with Crippen molar-refractivity contribution in [3.63, 3.8) is 0 Å². The summed E-state index contributed by atoms with van der Waals surface area (Å²) in [6.45, 7) is 12.2. The van der Waals surface area contributed by atoms with E-state index >= 15 is 0 Å². The molecule has 26 nitrogen and oxygen atoms in total. The second kappa shape index (κ2) is 28.2. The van der Waals surface area contributed by atoms with Gasteiger partial charge in [0.25, 0.3) is 34.4 Å². The minimum Gasteiger partial charge on any atom is -0.400 e. The fourth-order valence-corrected chi connectivity index (χ4v) is 15.3. The molecule has 10 aliphatic rings. The molecule has 3 spiro atoms. The van der Waals surface area contributed by atoms with Crippen molar-refractivity contribution in [1.82, 2.24) is 59.6 Å². The molecule has 0 bridgehead atoms. The third-order valence-corrected chi connectivity index (χ3v) is 20.9. The van der Waals surface area contributed by atoms with Crippen molar-refractivity contribution in [2.75, 3.05) is 55.6 Å². The maximum Gasteiger partial charge on any atom is 0.490 e. The first-order valence-electron chi connectivity index (χ1n) is 34.0. The lowest BCUT2D eigenvalue weighted by molar-refractivity contribution is 0.00578. The van der Waals surface area contributed by atoms with Crippen LogP contribution in [0.25, 0.3) is 5.57 Å². The number of carbonyl (C=O) groups excluding carboxylic acids is 3. The lowest BCUT2D eigenvalue weighted by atomic mass is 9.75. The molecule has 6 aromatic heterocycles. The standard InChI is InChI=1S/C21H25N5O3.C21H23N5O3.C16H16ClN5O2.C11H19BO3/c2*27-19-18-15(14-5-10-29-11-6-14)12-16(24-17-4-9-22-13-23-17)20(28)26(18)21(25-19)7-2-1-3-8-21;17-10-8-11(20-12-4-7-18-9-19-12)15(24)22-13(10)14(23)21-16(22)5-2-1-3-6-16;1-10(2)11(3,4)15-12(14-10)9-5-7-13-8-6-9/h4,9,12-14H,1-3,5-8,10-11H2,(H,25,27)(H,22,23,24);4-5,9,12-13H,1-3,6-8,10-11H2,(H,25,27)(H,22,23,24);4,7-9H,1-3,5-6H2,(H,21,23)(H,18,19,20);5H,6-8H2,1-4H3. The summed E-state index contributed by atoms with van der Waals surface area (Å²) in [5, 5.41) is 18.9. The van der Waals surface area contributed by atoms with Crippen LogP contribution in [0.5, 0.6) is 0 Å². The molecule has 2 saturated heterocycles. The zero-order chi connectivity index (χ0) is 67.5. The van der Waals surface area contributed by atoms with E-state index in [0.717, 1.165) is 139 Å². The van der Waals surface area contributed by atoms with Crippen LogP contribution >= 0.6 is 11.6 Å². The highest BCUT2D eigenvalue weighted by Gasteiger charge is 2.53. The Morgan fingerprint density at radius 3 is 1.37 bits per heavy atom. The Morgan fingerprint density at radius 1 is 0.505 bits per heavy atom. The van der Waals surface area contributed by atoms with Gasteiger partial charge in [-0.3, -0.25) is 42.5 Å². The third kappa shape index (κ3) is 13.5. The van der Waals surface area contributed by atoms with E-state index in [1.807, 2.05) is 12.1 Å². The number of aromatic nitrogens is 9. The predicted octanol–water partition coefficient (Wildman–Crippen LogP) is 9.54. The Balaban J connectivity index is 0.000000120. The van der Waals surface area contributed by atoms with Gasteiger partial charge in [-0.25, -0.2) is 29.9 Å². The smallest absolute Gasteiger partial charge is 0.400 e. The van der Waals surface area contributed by atoms with Gasteiger partial charge in [0.05, 0.1) is 42.7 Å². The summed E-state index contributed by atoms with van der Waals surface area (Å²) in [7, 11) is -0.182. The highest BCUT2D eigenvalue weighted by molar-refractivity contribution is 6.54.